The van der Waals surface area contributed by atoms with E-state index < -0.39 is 30.1 Å². The minimum absolute atomic E-state index is 0.0323. The highest BCUT2D eigenvalue weighted by Crippen LogP contribution is 2.36. The molecular weight excluding hydrogens is 260 g/mol. The Labute approximate surface area is 120 Å². The lowest BCUT2D eigenvalue weighted by atomic mass is 9.94. The Morgan fingerprint density at radius 1 is 1.20 bits per heavy atom. The molecule has 2 saturated heterocycles. The fourth-order valence-electron chi connectivity index (χ4n) is 2.47. The zero-order chi connectivity index (χ0) is 15.1. The fraction of sp³-hybridized carbons (Fsp3) is 0.800. The zero-order valence-electron chi connectivity index (χ0n) is 13.0. The van der Waals surface area contributed by atoms with Crippen LogP contribution < -0.4 is 0 Å². The molecule has 0 unspecified atom stereocenters. The normalized spacial score (nSPS) is 37.0. The lowest BCUT2D eigenvalue weighted by Crippen LogP contribution is -2.54. The predicted molar refractivity (Wildman–Crippen MR) is 73.1 cm³/mol. The molecule has 5 heteroatoms. The quantitative estimate of drug-likeness (QED) is 0.574. The molecule has 0 saturated carbocycles. The summed E-state index contributed by atoms with van der Waals surface area (Å²) in [6.45, 7) is 9.96. The van der Waals surface area contributed by atoms with E-state index in [0.717, 1.165) is 0 Å². The monoisotopic (exact) mass is 284 g/mol. The maximum Gasteiger partial charge on any atom is 0.338 e. The van der Waals surface area contributed by atoms with Crippen LogP contribution in [0.4, 0.5) is 0 Å². The van der Waals surface area contributed by atoms with Crippen LogP contribution >= 0.6 is 0 Å². The van der Waals surface area contributed by atoms with Crippen molar-refractivity contribution in [2.75, 3.05) is 7.11 Å². The first kappa shape index (κ1) is 15.5. The van der Waals surface area contributed by atoms with Crippen molar-refractivity contribution in [3.05, 3.63) is 12.2 Å². The summed E-state index contributed by atoms with van der Waals surface area (Å²) >= 11 is 0. The van der Waals surface area contributed by atoms with Crippen molar-refractivity contribution in [2.24, 2.45) is 5.41 Å². The van der Waals surface area contributed by atoms with Crippen molar-refractivity contribution in [1.29, 1.82) is 0 Å². The van der Waals surface area contributed by atoms with Gasteiger partial charge in [0.05, 0.1) is 0 Å². The molecule has 0 aromatic carbocycles. The number of hydrogen-bond acceptors (Lipinski definition) is 5. The van der Waals surface area contributed by atoms with E-state index in [-0.39, 0.29) is 11.5 Å². The predicted octanol–water partition coefficient (Wildman–Crippen LogP) is 2.05. The Hall–Kier alpha value is -0.910. The average Bonchev–Trinajstić information content (AvgIpc) is 2.59. The molecule has 20 heavy (non-hydrogen) atoms. The molecule has 2 rings (SSSR count). The van der Waals surface area contributed by atoms with Crippen LogP contribution in [0, 0.1) is 5.41 Å². The van der Waals surface area contributed by atoms with Gasteiger partial charge in [-0.2, -0.15) is 0 Å². The van der Waals surface area contributed by atoms with Crippen molar-refractivity contribution in [3.8, 4) is 0 Å². The number of esters is 1. The summed E-state index contributed by atoms with van der Waals surface area (Å²) in [7, 11) is 1.49. The summed E-state index contributed by atoms with van der Waals surface area (Å²) in [6.07, 6.45) is 2.10. The summed E-state index contributed by atoms with van der Waals surface area (Å²) in [4.78, 5) is 11.8. The molecule has 2 aliphatic heterocycles. The number of hydrogen-bond donors (Lipinski definition) is 0. The Bertz CT molecular complexity index is 407. The van der Waals surface area contributed by atoms with Crippen molar-refractivity contribution in [1.82, 2.24) is 0 Å². The van der Waals surface area contributed by atoms with Gasteiger partial charge in [0.25, 0.3) is 0 Å². The van der Waals surface area contributed by atoms with Crippen LogP contribution in [0.5, 0.6) is 0 Å². The van der Waals surface area contributed by atoms with Crippen molar-refractivity contribution in [3.63, 3.8) is 0 Å². The summed E-state index contributed by atoms with van der Waals surface area (Å²) in [5.41, 5.74) is 0.0323. The first-order valence-electron chi connectivity index (χ1n) is 6.91. The third-order valence-electron chi connectivity index (χ3n) is 3.31. The minimum Gasteiger partial charge on any atom is -0.454 e. The van der Waals surface area contributed by atoms with Crippen LogP contribution in [0.3, 0.4) is 0 Å². The van der Waals surface area contributed by atoms with Crippen LogP contribution in [0.25, 0.3) is 0 Å². The number of carbonyl (C=O) groups excluding carboxylic acids is 1. The fourth-order valence-corrected chi connectivity index (χ4v) is 2.47. The average molecular weight is 284 g/mol. The van der Waals surface area contributed by atoms with E-state index in [1.165, 1.54) is 7.11 Å². The van der Waals surface area contributed by atoms with Gasteiger partial charge in [-0.15, -0.1) is 0 Å². The number of methoxy groups -OCH3 is 1. The van der Waals surface area contributed by atoms with E-state index in [9.17, 15) is 4.79 Å². The van der Waals surface area contributed by atoms with E-state index >= 15 is 0 Å². The van der Waals surface area contributed by atoms with Gasteiger partial charge < -0.3 is 18.9 Å². The van der Waals surface area contributed by atoms with Gasteiger partial charge in [-0.05, 0) is 19.3 Å². The minimum atomic E-state index is -0.779. The highest BCUT2D eigenvalue weighted by Gasteiger charge is 2.55. The lowest BCUT2D eigenvalue weighted by molar-refractivity contribution is -0.318. The van der Waals surface area contributed by atoms with Gasteiger partial charge in [0.15, 0.2) is 18.0 Å². The van der Waals surface area contributed by atoms with Gasteiger partial charge in [0.2, 0.25) is 0 Å². The second kappa shape index (κ2) is 5.13. The molecule has 4 atom stereocenters. The van der Waals surface area contributed by atoms with Crippen LogP contribution in [0.1, 0.15) is 34.6 Å². The molecule has 0 N–H and O–H groups in total. The van der Waals surface area contributed by atoms with Gasteiger partial charge in [-0.1, -0.05) is 32.9 Å². The van der Waals surface area contributed by atoms with Gasteiger partial charge in [-0.3, -0.25) is 0 Å². The molecule has 2 aliphatic rings. The summed E-state index contributed by atoms with van der Waals surface area (Å²) in [6, 6.07) is 0. The number of allylic oxidation sites excluding steroid dienone is 1. The topological polar surface area (TPSA) is 54.0 Å². The summed E-state index contributed by atoms with van der Waals surface area (Å²) in [5, 5.41) is 0. The number of fused-ring (bicyclic) bond motifs is 1. The number of carbonyl (C=O) groups is 1. The van der Waals surface area contributed by atoms with Gasteiger partial charge >= 0.3 is 5.97 Å². The standard InChI is InChI=1S/C15H24O5/c1-14(2,3)8-7-9-10-11(20-15(4,5)19-9)12(17-6)13(16)18-10/h7-12H,1-6H3/b8-7+/t9-,10+,11-,12+/m1/s1. The highest BCUT2D eigenvalue weighted by atomic mass is 16.8. The first-order valence-corrected chi connectivity index (χ1v) is 6.91. The molecule has 0 aromatic rings. The molecule has 114 valence electrons. The second-order valence-electron chi connectivity index (χ2n) is 6.85. The largest absolute Gasteiger partial charge is 0.454 e. The van der Waals surface area contributed by atoms with E-state index in [0.29, 0.717) is 0 Å². The zero-order valence-corrected chi connectivity index (χ0v) is 13.0. The van der Waals surface area contributed by atoms with Crippen LogP contribution in [-0.2, 0) is 23.7 Å². The lowest BCUT2D eigenvalue weighted by Gasteiger charge is -2.41. The van der Waals surface area contributed by atoms with Crippen LogP contribution in [0.15, 0.2) is 12.2 Å². The Morgan fingerprint density at radius 2 is 1.85 bits per heavy atom. The molecule has 0 radical (unpaired) electrons. The maximum absolute atomic E-state index is 11.8. The Kier molecular flexibility index (Phi) is 3.97. The van der Waals surface area contributed by atoms with Crippen molar-refractivity contribution in [2.45, 2.75) is 64.8 Å². The molecule has 0 aliphatic carbocycles. The molecule has 2 heterocycles. The van der Waals surface area contributed by atoms with Gasteiger partial charge in [0, 0.05) is 7.11 Å². The number of ether oxygens (including phenoxy) is 4. The van der Waals surface area contributed by atoms with E-state index in [1.54, 1.807) is 0 Å². The third-order valence-corrected chi connectivity index (χ3v) is 3.31. The van der Waals surface area contributed by atoms with E-state index in [4.69, 9.17) is 18.9 Å². The van der Waals surface area contributed by atoms with Crippen LogP contribution in [0.2, 0.25) is 0 Å². The Morgan fingerprint density at radius 3 is 2.40 bits per heavy atom. The molecule has 0 bridgehead atoms. The summed E-state index contributed by atoms with van der Waals surface area (Å²) in [5.74, 6) is -1.17. The third kappa shape index (κ3) is 3.22. The maximum atomic E-state index is 11.8. The van der Waals surface area contributed by atoms with E-state index in [1.807, 2.05) is 19.9 Å². The van der Waals surface area contributed by atoms with Crippen LogP contribution in [-0.4, -0.2) is 43.3 Å². The molecule has 0 spiro atoms. The summed E-state index contributed by atoms with van der Waals surface area (Å²) < 4.78 is 22.3. The van der Waals surface area contributed by atoms with Crippen molar-refractivity contribution >= 4 is 5.97 Å². The van der Waals surface area contributed by atoms with Gasteiger partial charge in [0.1, 0.15) is 12.2 Å². The Balaban J connectivity index is 2.24. The number of rotatable bonds is 2. The highest BCUT2D eigenvalue weighted by molar-refractivity contribution is 5.78. The van der Waals surface area contributed by atoms with Gasteiger partial charge in [-0.25, -0.2) is 4.79 Å². The molecule has 2 fully saturated rings. The molecule has 5 nitrogen and oxygen atoms in total. The first-order chi connectivity index (χ1) is 9.13. The second-order valence-corrected chi connectivity index (χ2v) is 6.85. The smallest absolute Gasteiger partial charge is 0.338 e. The SMILES string of the molecule is CO[C@@H]1C(=O)O[C@@H]2[C@H]1OC(C)(C)O[C@@H]2/C=C/C(C)(C)C. The molecule has 0 aromatic heterocycles. The molecule has 0 amide bonds. The van der Waals surface area contributed by atoms with E-state index in [2.05, 4.69) is 26.8 Å². The van der Waals surface area contributed by atoms with Crippen molar-refractivity contribution < 1.29 is 23.7 Å². The molecular formula is C15H24O5.